The van der Waals surface area contributed by atoms with Crippen LogP contribution in [0.25, 0.3) is 0 Å². The van der Waals surface area contributed by atoms with Gasteiger partial charge in [0.05, 0.1) is 23.3 Å². The summed E-state index contributed by atoms with van der Waals surface area (Å²) in [6.45, 7) is 5.03. The molecule has 0 saturated carbocycles. The highest BCUT2D eigenvalue weighted by atomic mass is 32.1. The highest BCUT2D eigenvalue weighted by Crippen LogP contribution is 2.23. The molecular weight excluding hydrogens is 290 g/mol. The van der Waals surface area contributed by atoms with Crippen LogP contribution in [0.1, 0.15) is 25.5 Å². The second kappa shape index (κ2) is 7.90. The second-order valence-electron chi connectivity index (χ2n) is 5.71. The molecule has 0 radical (unpaired) electrons. The lowest BCUT2D eigenvalue weighted by atomic mass is 9.92. The fraction of sp³-hybridized carbons (Fsp3) is 0.333. The third-order valence-corrected chi connectivity index (χ3v) is 4.04. The maximum atomic E-state index is 5.62. The van der Waals surface area contributed by atoms with Crippen LogP contribution in [0.4, 0.5) is 5.69 Å². The number of para-hydroxylation sites is 1. The van der Waals surface area contributed by atoms with Gasteiger partial charge in [-0.2, -0.15) is 0 Å². The molecule has 0 saturated heterocycles. The molecule has 1 aromatic carbocycles. The van der Waals surface area contributed by atoms with Gasteiger partial charge in [0.25, 0.3) is 0 Å². The number of nitrogens with one attached hydrogen (secondary N) is 1. The van der Waals surface area contributed by atoms with E-state index < -0.39 is 0 Å². The molecule has 0 fully saturated rings. The molecule has 0 spiro atoms. The van der Waals surface area contributed by atoms with Crippen LogP contribution in [-0.2, 0) is 0 Å². The summed E-state index contributed by atoms with van der Waals surface area (Å²) in [6.07, 6.45) is 1.82. The van der Waals surface area contributed by atoms with Gasteiger partial charge in [-0.25, -0.2) is 0 Å². The molecule has 2 aromatic rings. The quantitative estimate of drug-likeness (QED) is 0.648. The van der Waals surface area contributed by atoms with E-state index in [1.54, 1.807) is 0 Å². The predicted molar refractivity (Wildman–Crippen MR) is 97.3 cm³/mol. The molecule has 4 heteroatoms. The Labute approximate surface area is 138 Å². The van der Waals surface area contributed by atoms with Crippen molar-refractivity contribution in [2.75, 3.05) is 18.6 Å². The molecule has 1 N–H and O–H groups in total. The van der Waals surface area contributed by atoms with Crippen molar-refractivity contribution >= 4 is 22.9 Å². The molecule has 0 amide bonds. The SMILES string of the molecule is CC(C)C(C(=S)NCN(C)c1ccccc1)c1ccccn1. The van der Waals surface area contributed by atoms with Gasteiger partial charge >= 0.3 is 0 Å². The molecule has 0 aliphatic carbocycles. The first kappa shape index (κ1) is 16.4. The van der Waals surface area contributed by atoms with E-state index in [9.17, 15) is 0 Å². The summed E-state index contributed by atoms with van der Waals surface area (Å²) in [4.78, 5) is 7.45. The number of benzene rings is 1. The van der Waals surface area contributed by atoms with E-state index in [1.165, 1.54) is 0 Å². The van der Waals surface area contributed by atoms with Gasteiger partial charge in [-0.3, -0.25) is 4.98 Å². The zero-order valence-electron chi connectivity index (χ0n) is 13.4. The van der Waals surface area contributed by atoms with Gasteiger partial charge in [0.15, 0.2) is 0 Å². The van der Waals surface area contributed by atoms with E-state index in [1.807, 2.05) is 42.6 Å². The third kappa shape index (κ3) is 4.28. The van der Waals surface area contributed by atoms with Crippen LogP contribution in [0.2, 0.25) is 0 Å². The smallest absolute Gasteiger partial charge is 0.0877 e. The lowest BCUT2D eigenvalue weighted by molar-refractivity contribution is 0.582. The lowest BCUT2D eigenvalue weighted by Gasteiger charge is -2.26. The minimum atomic E-state index is 0.139. The molecule has 1 heterocycles. The van der Waals surface area contributed by atoms with E-state index in [-0.39, 0.29) is 5.92 Å². The van der Waals surface area contributed by atoms with Crippen molar-refractivity contribution in [3.63, 3.8) is 0 Å². The standard InChI is InChI=1S/C18H23N3S/c1-14(2)17(16-11-7-8-12-19-16)18(22)20-13-21(3)15-9-5-4-6-10-15/h4-12,14,17H,13H2,1-3H3,(H,20,22). The van der Waals surface area contributed by atoms with Crippen LogP contribution in [0.5, 0.6) is 0 Å². The molecular formula is C18H23N3S. The number of hydrogen-bond acceptors (Lipinski definition) is 3. The van der Waals surface area contributed by atoms with Gasteiger partial charge in [-0.15, -0.1) is 0 Å². The fourth-order valence-electron chi connectivity index (χ4n) is 2.42. The lowest BCUT2D eigenvalue weighted by Crippen LogP contribution is -2.38. The van der Waals surface area contributed by atoms with Gasteiger partial charge < -0.3 is 10.2 Å². The average molecular weight is 313 g/mol. The van der Waals surface area contributed by atoms with Crippen LogP contribution in [0, 0.1) is 5.92 Å². The Kier molecular flexibility index (Phi) is 5.90. The Bertz CT molecular complexity index is 584. The highest BCUT2D eigenvalue weighted by Gasteiger charge is 2.21. The Balaban J connectivity index is 2.00. The monoisotopic (exact) mass is 313 g/mol. The van der Waals surface area contributed by atoms with Gasteiger partial charge in [-0.1, -0.05) is 50.3 Å². The van der Waals surface area contributed by atoms with Crippen molar-refractivity contribution in [1.29, 1.82) is 0 Å². The van der Waals surface area contributed by atoms with E-state index in [0.717, 1.165) is 16.4 Å². The van der Waals surface area contributed by atoms with E-state index in [4.69, 9.17) is 12.2 Å². The zero-order valence-corrected chi connectivity index (χ0v) is 14.2. The Morgan fingerprint density at radius 1 is 1.14 bits per heavy atom. The van der Waals surface area contributed by atoms with Crippen molar-refractivity contribution in [2.24, 2.45) is 5.92 Å². The van der Waals surface area contributed by atoms with E-state index in [0.29, 0.717) is 12.6 Å². The molecule has 1 aromatic heterocycles. The van der Waals surface area contributed by atoms with Gasteiger partial charge in [0.2, 0.25) is 0 Å². The maximum Gasteiger partial charge on any atom is 0.0877 e. The van der Waals surface area contributed by atoms with Crippen molar-refractivity contribution in [3.8, 4) is 0 Å². The molecule has 22 heavy (non-hydrogen) atoms. The summed E-state index contributed by atoms with van der Waals surface area (Å²) in [7, 11) is 2.05. The normalized spacial score (nSPS) is 12.0. The summed E-state index contributed by atoms with van der Waals surface area (Å²) in [5.74, 6) is 0.539. The number of rotatable bonds is 6. The predicted octanol–water partition coefficient (Wildman–Crippen LogP) is 3.83. The van der Waals surface area contributed by atoms with Gasteiger partial charge in [0, 0.05) is 18.9 Å². The molecule has 1 unspecified atom stereocenters. The fourth-order valence-corrected chi connectivity index (χ4v) is 2.88. The van der Waals surface area contributed by atoms with Crippen LogP contribution < -0.4 is 10.2 Å². The summed E-state index contributed by atoms with van der Waals surface area (Å²) >= 11 is 5.62. The molecule has 2 rings (SSSR count). The van der Waals surface area contributed by atoms with Crippen molar-refractivity contribution in [3.05, 3.63) is 60.4 Å². The molecule has 3 nitrogen and oxygen atoms in total. The summed E-state index contributed by atoms with van der Waals surface area (Å²) in [6, 6.07) is 16.2. The van der Waals surface area contributed by atoms with Gasteiger partial charge in [0.1, 0.15) is 0 Å². The Morgan fingerprint density at radius 3 is 2.41 bits per heavy atom. The summed E-state index contributed by atoms with van der Waals surface area (Å²) in [5, 5.41) is 3.38. The first-order valence-corrected chi connectivity index (χ1v) is 7.95. The van der Waals surface area contributed by atoms with Crippen molar-refractivity contribution in [2.45, 2.75) is 19.8 Å². The first-order chi connectivity index (χ1) is 10.6. The molecule has 0 bridgehead atoms. The number of aromatic nitrogens is 1. The number of thiocarbonyl (C=S) groups is 1. The minimum absolute atomic E-state index is 0.139. The van der Waals surface area contributed by atoms with E-state index in [2.05, 4.69) is 48.2 Å². The molecule has 116 valence electrons. The Morgan fingerprint density at radius 2 is 1.82 bits per heavy atom. The summed E-state index contributed by atoms with van der Waals surface area (Å²) in [5.41, 5.74) is 2.19. The summed E-state index contributed by atoms with van der Waals surface area (Å²) < 4.78 is 0. The number of hydrogen-bond donors (Lipinski definition) is 1. The van der Waals surface area contributed by atoms with E-state index >= 15 is 0 Å². The van der Waals surface area contributed by atoms with Crippen LogP contribution in [0.15, 0.2) is 54.7 Å². The van der Waals surface area contributed by atoms with Crippen LogP contribution in [-0.4, -0.2) is 23.7 Å². The molecule has 1 atom stereocenters. The van der Waals surface area contributed by atoms with Crippen LogP contribution >= 0.6 is 12.2 Å². The number of nitrogens with zero attached hydrogens (tertiary/aromatic N) is 2. The number of anilines is 1. The Hall–Kier alpha value is -1.94. The topological polar surface area (TPSA) is 28.2 Å². The number of pyridine rings is 1. The van der Waals surface area contributed by atoms with Crippen LogP contribution in [0.3, 0.4) is 0 Å². The average Bonchev–Trinajstić information content (AvgIpc) is 2.54. The van der Waals surface area contributed by atoms with Crippen molar-refractivity contribution < 1.29 is 0 Å². The highest BCUT2D eigenvalue weighted by molar-refractivity contribution is 7.80. The third-order valence-electron chi connectivity index (χ3n) is 3.64. The minimum Gasteiger partial charge on any atom is -0.362 e. The second-order valence-corrected chi connectivity index (χ2v) is 6.15. The van der Waals surface area contributed by atoms with Crippen molar-refractivity contribution in [1.82, 2.24) is 10.3 Å². The zero-order chi connectivity index (χ0) is 15.9. The molecule has 0 aliphatic heterocycles. The largest absolute Gasteiger partial charge is 0.362 e. The molecule has 0 aliphatic rings. The van der Waals surface area contributed by atoms with Gasteiger partial charge in [-0.05, 0) is 30.2 Å². The first-order valence-electron chi connectivity index (χ1n) is 7.54. The maximum absolute atomic E-state index is 5.62.